The highest BCUT2D eigenvalue weighted by Gasteiger charge is 2.15. The van der Waals surface area contributed by atoms with E-state index in [0.29, 0.717) is 25.7 Å². The molecular formula is C13H19ClN2O4S. The van der Waals surface area contributed by atoms with Crippen LogP contribution in [0.15, 0.2) is 23.1 Å². The molecule has 0 aliphatic heterocycles. The second-order valence-corrected chi connectivity index (χ2v) is 6.88. The van der Waals surface area contributed by atoms with Gasteiger partial charge in [-0.15, -0.1) is 0 Å². The van der Waals surface area contributed by atoms with E-state index in [-0.39, 0.29) is 15.5 Å². The normalized spacial score (nSPS) is 11.7. The molecule has 0 aromatic heterocycles. The van der Waals surface area contributed by atoms with Crippen molar-refractivity contribution in [2.24, 2.45) is 11.1 Å². The minimum Gasteiger partial charge on any atom is -0.379 e. The van der Waals surface area contributed by atoms with Gasteiger partial charge in [0.05, 0.1) is 22.1 Å². The number of hydrogen-bond donors (Lipinski definition) is 2. The van der Waals surface area contributed by atoms with Crippen molar-refractivity contribution in [2.75, 3.05) is 19.8 Å². The van der Waals surface area contributed by atoms with Gasteiger partial charge in [0.1, 0.15) is 0 Å². The van der Waals surface area contributed by atoms with Crippen LogP contribution in [0.2, 0.25) is 5.02 Å². The summed E-state index contributed by atoms with van der Waals surface area (Å²) in [7, 11) is -3.88. The SMILES string of the molecule is CC(C)COCCNC(=O)c1cc(S(N)(=O)=O)ccc1Cl. The summed E-state index contributed by atoms with van der Waals surface area (Å²) < 4.78 is 27.9. The molecule has 3 N–H and O–H groups in total. The average Bonchev–Trinajstić information content (AvgIpc) is 2.36. The highest BCUT2D eigenvalue weighted by atomic mass is 35.5. The molecule has 1 aromatic carbocycles. The van der Waals surface area contributed by atoms with Gasteiger partial charge in [0.25, 0.3) is 5.91 Å². The number of rotatable bonds is 7. The number of halogens is 1. The molecule has 0 aliphatic carbocycles. The van der Waals surface area contributed by atoms with E-state index in [2.05, 4.69) is 5.32 Å². The lowest BCUT2D eigenvalue weighted by Crippen LogP contribution is -2.28. The number of hydrogen-bond acceptors (Lipinski definition) is 4. The number of sulfonamides is 1. The molecular weight excluding hydrogens is 316 g/mol. The Hall–Kier alpha value is -1.15. The molecule has 0 saturated carbocycles. The molecule has 0 fully saturated rings. The van der Waals surface area contributed by atoms with Gasteiger partial charge in [-0.3, -0.25) is 4.79 Å². The highest BCUT2D eigenvalue weighted by molar-refractivity contribution is 7.89. The minimum absolute atomic E-state index is 0.0621. The lowest BCUT2D eigenvalue weighted by molar-refractivity contribution is 0.0886. The summed E-state index contributed by atoms with van der Waals surface area (Å²) in [6.07, 6.45) is 0. The van der Waals surface area contributed by atoms with Gasteiger partial charge < -0.3 is 10.1 Å². The van der Waals surface area contributed by atoms with Crippen molar-refractivity contribution in [3.8, 4) is 0 Å². The number of primary sulfonamides is 1. The van der Waals surface area contributed by atoms with Crippen molar-refractivity contribution < 1.29 is 17.9 Å². The monoisotopic (exact) mass is 334 g/mol. The van der Waals surface area contributed by atoms with Crippen LogP contribution in [0, 0.1) is 5.92 Å². The summed E-state index contributed by atoms with van der Waals surface area (Å²) in [6, 6.07) is 3.73. The smallest absolute Gasteiger partial charge is 0.252 e. The molecule has 118 valence electrons. The Bertz CT molecular complexity index is 602. The van der Waals surface area contributed by atoms with Crippen LogP contribution in [-0.4, -0.2) is 34.1 Å². The largest absolute Gasteiger partial charge is 0.379 e. The average molecular weight is 335 g/mol. The molecule has 0 unspecified atom stereocenters. The van der Waals surface area contributed by atoms with Crippen LogP contribution in [-0.2, 0) is 14.8 Å². The fourth-order valence-electron chi connectivity index (χ4n) is 1.51. The van der Waals surface area contributed by atoms with Crippen LogP contribution < -0.4 is 10.5 Å². The Morgan fingerprint density at radius 1 is 1.43 bits per heavy atom. The maximum absolute atomic E-state index is 12.0. The molecule has 1 rings (SSSR count). The van der Waals surface area contributed by atoms with Crippen molar-refractivity contribution in [1.29, 1.82) is 0 Å². The summed E-state index contributed by atoms with van der Waals surface area (Å²) in [5.74, 6) is -0.0553. The highest BCUT2D eigenvalue weighted by Crippen LogP contribution is 2.19. The van der Waals surface area contributed by atoms with E-state index in [1.165, 1.54) is 12.1 Å². The Morgan fingerprint density at radius 2 is 2.10 bits per heavy atom. The second-order valence-electron chi connectivity index (χ2n) is 4.91. The predicted octanol–water partition coefficient (Wildman–Crippen LogP) is 1.39. The standard InChI is InChI=1S/C13H19ClN2O4S/c1-9(2)8-20-6-5-16-13(17)11-7-10(21(15,18)19)3-4-12(11)14/h3-4,7,9H,5-6,8H2,1-2H3,(H,16,17)(H2,15,18,19). The van der Waals surface area contributed by atoms with Crippen LogP contribution in [0.3, 0.4) is 0 Å². The van der Waals surface area contributed by atoms with Crippen LogP contribution in [0.25, 0.3) is 0 Å². The number of nitrogens with two attached hydrogens (primary N) is 1. The predicted molar refractivity (Wildman–Crippen MR) is 80.8 cm³/mol. The summed E-state index contributed by atoms with van der Waals surface area (Å²) >= 11 is 5.90. The van der Waals surface area contributed by atoms with Gasteiger partial charge in [0, 0.05) is 13.2 Å². The zero-order chi connectivity index (χ0) is 16.0. The molecule has 1 amide bonds. The number of carbonyl (C=O) groups excluding carboxylic acids is 1. The lowest BCUT2D eigenvalue weighted by atomic mass is 10.2. The second kappa shape index (κ2) is 7.74. The van der Waals surface area contributed by atoms with E-state index in [1.807, 2.05) is 13.8 Å². The molecule has 6 nitrogen and oxygen atoms in total. The van der Waals surface area contributed by atoms with Gasteiger partial charge in [-0.2, -0.15) is 0 Å². The number of carbonyl (C=O) groups is 1. The molecule has 0 heterocycles. The van der Waals surface area contributed by atoms with Crippen molar-refractivity contribution >= 4 is 27.5 Å². The van der Waals surface area contributed by atoms with E-state index < -0.39 is 15.9 Å². The Morgan fingerprint density at radius 3 is 2.67 bits per heavy atom. The molecule has 0 saturated heterocycles. The maximum Gasteiger partial charge on any atom is 0.252 e. The zero-order valence-electron chi connectivity index (χ0n) is 11.9. The van der Waals surface area contributed by atoms with E-state index in [4.69, 9.17) is 21.5 Å². The van der Waals surface area contributed by atoms with Crippen molar-refractivity contribution in [3.05, 3.63) is 28.8 Å². The minimum atomic E-state index is -3.88. The summed E-state index contributed by atoms with van der Waals surface area (Å²) in [6.45, 7) is 5.34. The molecule has 0 bridgehead atoms. The topological polar surface area (TPSA) is 98.5 Å². The molecule has 1 aromatic rings. The quantitative estimate of drug-likeness (QED) is 0.736. The van der Waals surface area contributed by atoms with E-state index in [1.54, 1.807) is 0 Å². The third-order valence-electron chi connectivity index (χ3n) is 2.49. The number of amides is 1. The van der Waals surface area contributed by atoms with Crippen LogP contribution >= 0.6 is 11.6 Å². The van der Waals surface area contributed by atoms with Gasteiger partial charge in [-0.05, 0) is 24.1 Å². The van der Waals surface area contributed by atoms with Gasteiger partial charge in [-0.25, -0.2) is 13.6 Å². The zero-order valence-corrected chi connectivity index (χ0v) is 13.5. The molecule has 0 spiro atoms. The first kappa shape index (κ1) is 17.9. The van der Waals surface area contributed by atoms with Crippen LogP contribution in [0.5, 0.6) is 0 Å². The number of nitrogens with one attached hydrogen (secondary N) is 1. The first-order chi connectivity index (χ1) is 9.71. The summed E-state index contributed by atoms with van der Waals surface area (Å²) in [5, 5.41) is 7.78. The molecule has 0 radical (unpaired) electrons. The van der Waals surface area contributed by atoms with E-state index in [9.17, 15) is 13.2 Å². The fraction of sp³-hybridized carbons (Fsp3) is 0.462. The summed E-state index contributed by atoms with van der Waals surface area (Å²) in [4.78, 5) is 11.8. The van der Waals surface area contributed by atoms with Gasteiger partial charge in [0.15, 0.2) is 0 Å². The van der Waals surface area contributed by atoms with Crippen LogP contribution in [0.4, 0.5) is 0 Å². The van der Waals surface area contributed by atoms with Gasteiger partial charge >= 0.3 is 0 Å². The Balaban J connectivity index is 2.66. The van der Waals surface area contributed by atoms with Gasteiger partial charge in [-0.1, -0.05) is 25.4 Å². The Kier molecular flexibility index (Phi) is 6.60. The molecule has 0 atom stereocenters. The fourth-order valence-corrected chi connectivity index (χ4v) is 2.25. The molecule has 0 aliphatic rings. The number of ether oxygens (including phenoxy) is 1. The van der Waals surface area contributed by atoms with Crippen LogP contribution in [0.1, 0.15) is 24.2 Å². The first-order valence-corrected chi connectivity index (χ1v) is 8.32. The third kappa shape index (κ3) is 6.01. The van der Waals surface area contributed by atoms with E-state index >= 15 is 0 Å². The third-order valence-corrected chi connectivity index (χ3v) is 3.73. The van der Waals surface area contributed by atoms with Crippen molar-refractivity contribution in [1.82, 2.24) is 5.32 Å². The van der Waals surface area contributed by atoms with E-state index in [0.717, 1.165) is 6.07 Å². The Labute approximate surface area is 129 Å². The van der Waals surface area contributed by atoms with Crippen molar-refractivity contribution in [2.45, 2.75) is 18.7 Å². The molecule has 21 heavy (non-hydrogen) atoms. The lowest BCUT2D eigenvalue weighted by Gasteiger charge is -2.09. The first-order valence-electron chi connectivity index (χ1n) is 6.40. The van der Waals surface area contributed by atoms with Crippen molar-refractivity contribution in [3.63, 3.8) is 0 Å². The molecule has 8 heteroatoms. The summed E-state index contributed by atoms with van der Waals surface area (Å²) in [5.41, 5.74) is 0.0621. The number of benzene rings is 1. The maximum atomic E-state index is 12.0. The van der Waals surface area contributed by atoms with Gasteiger partial charge in [0.2, 0.25) is 10.0 Å².